The smallest absolute Gasteiger partial charge is 0.434 e. The summed E-state index contributed by atoms with van der Waals surface area (Å²) in [6.07, 6.45) is 0.772. The molecule has 0 amide bonds. The molecular weight excluding hydrogens is 324 g/mol. The molecule has 0 fully saturated rings. The Bertz CT molecular complexity index is 842. The maximum Gasteiger partial charge on any atom is 0.513 e. The third-order valence-corrected chi connectivity index (χ3v) is 4.03. The summed E-state index contributed by atoms with van der Waals surface area (Å²) in [5.74, 6) is 0.559. The highest BCUT2D eigenvalue weighted by Gasteiger charge is 2.16. The van der Waals surface area contributed by atoms with E-state index in [1.807, 2.05) is 73.7 Å². The molecular formula is C23H22O3. The van der Waals surface area contributed by atoms with Crippen molar-refractivity contribution in [3.05, 3.63) is 90.0 Å². The van der Waals surface area contributed by atoms with E-state index in [0.29, 0.717) is 18.8 Å². The standard InChI is InChI=1S/C23H22O3/c1-2-16-25-23(24)26-22-20(17-18-10-5-3-6-11-18)14-9-15-21(22)19-12-7-4-8-13-19/h3-15H,2,16-17H2,1H3. The Morgan fingerprint density at radius 2 is 1.54 bits per heavy atom. The lowest BCUT2D eigenvalue weighted by atomic mass is 9.97. The van der Waals surface area contributed by atoms with Gasteiger partial charge < -0.3 is 9.47 Å². The van der Waals surface area contributed by atoms with Crippen LogP contribution in [0.15, 0.2) is 78.9 Å². The molecule has 0 heterocycles. The monoisotopic (exact) mass is 346 g/mol. The lowest BCUT2D eigenvalue weighted by Gasteiger charge is -2.15. The summed E-state index contributed by atoms with van der Waals surface area (Å²) in [5.41, 5.74) is 3.99. The van der Waals surface area contributed by atoms with Crippen molar-refractivity contribution in [2.75, 3.05) is 6.61 Å². The molecule has 0 N–H and O–H groups in total. The Kier molecular flexibility index (Phi) is 6.05. The summed E-state index contributed by atoms with van der Waals surface area (Å²) in [4.78, 5) is 12.1. The van der Waals surface area contributed by atoms with Gasteiger partial charge in [0.05, 0.1) is 6.61 Å². The summed E-state index contributed by atoms with van der Waals surface area (Å²) in [7, 11) is 0. The van der Waals surface area contributed by atoms with Crippen LogP contribution in [-0.4, -0.2) is 12.8 Å². The van der Waals surface area contributed by atoms with E-state index in [2.05, 4.69) is 12.1 Å². The second-order valence-corrected chi connectivity index (χ2v) is 6.02. The summed E-state index contributed by atoms with van der Waals surface area (Å²) in [6.45, 7) is 2.30. The maximum absolute atomic E-state index is 12.1. The Labute approximate surface area is 154 Å². The highest BCUT2D eigenvalue weighted by molar-refractivity contribution is 5.76. The molecule has 26 heavy (non-hydrogen) atoms. The number of para-hydroxylation sites is 1. The van der Waals surface area contributed by atoms with Crippen LogP contribution in [0.25, 0.3) is 11.1 Å². The van der Waals surface area contributed by atoms with Gasteiger partial charge in [-0.05, 0) is 17.5 Å². The Hall–Kier alpha value is -3.07. The van der Waals surface area contributed by atoms with Crippen LogP contribution in [-0.2, 0) is 11.2 Å². The molecule has 0 saturated carbocycles. The van der Waals surface area contributed by atoms with E-state index in [9.17, 15) is 4.79 Å². The van der Waals surface area contributed by atoms with Crippen LogP contribution in [0.3, 0.4) is 0 Å². The predicted molar refractivity (Wildman–Crippen MR) is 103 cm³/mol. The molecule has 3 aromatic carbocycles. The van der Waals surface area contributed by atoms with E-state index in [0.717, 1.165) is 28.7 Å². The summed E-state index contributed by atoms with van der Waals surface area (Å²) in [5, 5.41) is 0. The van der Waals surface area contributed by atoms with Gasteiger partial charge in [0.2, 0.25) is 0 Å². The fourth-order valence-corrected chi connectivity index (χ4v) is 2.80. The molecule has 3 rings (SSSR count). The quantitative estimate of drug-likeness (QED) is 0.413. The van der Waals surface area contributed by atoms with Gasteiger partial charge in [0.15, 0.2) is 0 Å². The van der Waals surface area contributed by atoms with Gasteiger partial charge in [0.1, 0.15) is 5.75 Å². The molecule has 0 atom stereocenters. The van der Waals surface area contributed by atoms with Gasteiger partial charge in [-0.25, -0.2) is 4.79 Å². The molecule has 3 nitrogen and oxygen atoms in total. The van der Waals surface area contributed by atoms with E-state index >= 15 is 0 Å². The molecule has 132 valence electrons. The minimum Gasteiger partial charge on any atom is -0.434 e. The van der Waals surface area contributed by atoms with Crippen LogP contribution < -0.4 is 4.74 Å². The van der Waals surface area contributed by atoms with Crippen molar-refractivity contribution in [2.45, 2.75) is 19.8 Å². The van der Waals surface area contributed by atoms with Crippen molar-refractivity contribution >= 4 is 6.16 Å². The SMILES string of the molecule is CCCOC(=O)Oc1c(Cc2ccccc2)cccc1-c1ccccc1. The van der Waals surface area contributed by atoms with Crippen LogP contribution in [0.2, 0.25) is 0 Å². The Morgan fingerprint density at radius 3 is 2.23 bits per heavy atom. The van der Waals surface area contributed by atoms with Crippen molar-refractivity contribution in [1.29, 1.82) is 0 Å². The van der Waals surface area contributed by atoms with Crippen molar-refractivity contribution < 1.29 is 14.3 Å². The molecule has 0 aliphatic heterocycles. The zero-order chi connectivity index (χ0) is 18.2. The molecule has 0 aliphatic carbocycles. The first-order valence-corrected chi connectivity index (χ1v) is 8.83. The molecule has 0 spiro atoms. The number of benzene rings is 3. The number of carbonyl (C=O) groups excluding carboxylic acids is 1. The molecule has 0 unspecified atom stereocenters. The van der Waals surface area contributed by atoms with Crippen LogP contribution >= 0.6 is 0 Å². The first-order chi connectivity index (χ1) is 12.8. The van der Waals surface area contributed by atoms with Gasteiger partial charge in [-0.2, -0.15) is 0 Å². The van der Waals surface area contributed by atoms with Gasteiger partial charge in [-0.15, -0.1) is 0 Å². The van der Waals surface area contributed by atoms with Crippen LogP contribution in [0.1, 0.15) is 24.5 Å². The van der Waals surface area contributed by atoms with E-state index in [-0.39, 0.29) is 0 Å². The van der Waals surface area contributed by atoms with E-state index in [1.54, 1.807) is 0 Å². The predicted octanol–water partition coefficient (Wildman–Crippen LogP) is 5.87. The van der Waals surface area contributed by atoms with Crippen molar-refractivity contribution in [3.8, 4) is 16.9 Å². The molecule has 0 aromatic heterocycles. The summed E-state index contributed by atoms with van der Waals surface area (Å²) in [6, 6.07) is 26.0. The maximum atomic E-state index is 12.1. The van der Waals surface area contributed by atoms with Gasteiger partial charge >= 0.3 is 6.16 Å². The number of carbonyl (C=O) groups is 1. The third kappa shape index (κ3) is 4.51. The largest absolute Gasteiger partial charge is 0.513 e. The fourth-order valence-electron chi connectivity index (χ4n) is 2.80. The van der Waals surface area contributed by atoms with E-state index in [4.69, 9.17) is 9.47 Å². The lowest BCUT2D eigenvalue weighted by Crippen LogP contribution is -2.13. The Balaban J connectivity index is 1.98. The molecule has 3 heteroatoms. The number of ether oxygens (including phenoxy) is 2. The first kappa shape index (κ1) is 17.7. The van der Waals surface area contributed by atoms with E-state index < -0.39 is 6.16 Å². The van der Waals surface area contributed by atoms with Gasteiger partial charge in [-0.1, -0.05) is 85.8 Å². The van der Waals surface area contributed by atoms with Crippen molar-refractivity contribution in [3.63, 3.8) is 0 Å². The summed E-state index contributed by atoms with van der Waals surface area (Å²) < 4.78 is 10.8. The molecule has 3 aromatic rings. The first-order valence-electron chi connectivity index (χ1n) is 8.83. The summed E-state index contributed by atoms with van der Waals surface area (Å²) >= 11 is 0. The second kappa shape index (κ2) is 8.86. The Morgan fingerprint density at radius 1 is 0.846 bits per heavy atom. The zero-order valence-electron chi connectivity index (χ0n) is 14.9. The van der Waals surface area contributed by atoms with Gasteiger partial charge in [0, 0.05) is 17.5 Å². The molecule has 0 aliphatic rings. The minimum atomic E-state index is -0.662. The number of rotatable bonds is 6. The van der Waals surface area contributed by atoms with Crippen LogP contribution in [0.4, 0.5) is 4.79 Å². The molecule has 0 saturated heterocycles. The van der Waals surface area contributed by atoms with Crippen molar-refractivity contribution in [2.24, 2.45) is 0 Å². The number of hydrogen-bond acceptors (Lipinski definition) is 3. The highest BCUT2D eigenvalue weighted by Crippen LogP contribution is 2.34. The van der Waals surface area contributed by atoms with Crippen LogP contribution in [0.5, 0.6) is 5.75 Å². The zero-order valence-corrected chi connectivity index (χ0v) is 14.9. The van der Waals surface area contributed by atoms with Gasteiger partial charge in [0.25, 0.3) is 0 Å². The van der Waals surface area contributed by atoms with E-state index in [1.165, 1.54) is 0 Å². The average molecular weight is 346 g/mol. The topological polar surface area (TPSA) is 35.5 Å². The lowest BCUT2D eigenvalue weighted by molar-refractivity contribution is 0.0990. The fraction of sp³-hybridized carbons (Fsp3) is 0.174. The van der Waals surface area contributed by atoms with Gasteiger partial charge in [-0.3, -0.25) is 0 Å². The average Bonchev–Trinajstić information content (AvgIpc) is 2.69. The van der Waals surface area contributed by atoms with Crippen LogP contribution in [0, 0.1) is 0 Å². The number of hydrogen-bond donors (Lipinski definition) is 0. The normalized spacial score (nSPS) is 10.3. The third-order valence-electron chi connectivity index (χ3n) is 4.03. The molecule has 0 radical (unpaired) electrons. The minimum absolute atomic E-state index is 0.348. The second-order valence-electron chi connectivity index (χ2n) is 6.02. The molecule has 0 bridgehead atoms. The van der Waals surface area contributed by atoms with Crippen molar-refractivity contribution in [1.82, 2.24) is 0 Å². The highest BCUT2D eigenvalue weighted by atomic mass is 16.7.